The van der Waals surface area contributed by atoms with Crippen LogP contribution in [0.2, 0.25) is 0 Å². The molecule has 0 bridgehead atoms. The molecule has 1 heterocycles. The zero-order chi connectivity index (χ0) is 13.1. The standard InChI is InChI=1S/C14H18N4/c1-9-8-14(18-11(3)16-9)17-10(2)12-4-6-13(15)7-5-12/h4-8,10H,15H2,1-3H3,(H,16,17,18). The Labute approximate surface area is 107 Å². The number of aromatic nitrogens is 2. The van der Waals surface area contributed by atoms with Crippen molar-refractivity contribution in [1.29, 1.82) is 0 Å². The molecule has 2 rings (SSSR count). The van der Waals surface area contributed by atoms with E-state index in [0.29, 0.717) is 0 Å². The summed E-state index contributed by atoms with van der Waals surface area (Å²) in [5.41, 5.74) is 8.60. The van der Waals surface area contributed by atoms with Crippen LogP contribution in [0.5, 0.6) is 0 Å². The van der Waals surface area contributed by atoms with Crippen LogP contribution in [-0.4, -0.2) is 9.97 Å². The van der Waals surface area contributed by atoms with Gasteiger partial charge in [0.1, 0.15) is 11.6 Å². The number of anilines is 2. The Morgan fingerprint density at radius 1 is 1.11 bits per heavy atom. The predicted octanol–water partition coefficient (Wildman–Crippen LogP) is 2.85. The third-order valence-electron chi connectivity index (χ3n) is 2.77. The number of benzene rings is 1. The first-order valence-corrected chi connectivity index (χ1v) is 5.99. The van der Waals surface area contributed by atoms with E-state index >= 15 is 0 Å². The summed E-state index contributed by atoms with van der Waals surface area (Å²) in [5.74, 6) is 1.63. The van der Waals surface area contributed by atoms with Crippen LogP contribution in [0.25, 0.3) is 0 Å². The Hall–Kier alpha value is -2.10. The fourth-order valence-corrected chi connectivity index (χ4v) is 1.88. The van der Waals surface area contributed by atoms with E-state index in [2.05, 4.69) is 22.2 Å². The zero-order valence-electron chi connectivity index (χ0n) is 10.9. The first-order valence-electron chi connectivity index (χ1n) is 5.99. The van der Waals surface area contributed by atoms with E-state index in [1.165, 1.54) is 5.56 Å². The van der Waals surface area contributed by atoms with E-state index in [1.807, 2.05) is 44.2 Å². The van der Waals surface area contributed by atoms with Gasteiger partial charge in [-0.05, 0) is 38.5 Å². The topological polar surface area (TPSA) is 63.8 Å². The number of nitrogens with two attached hydrogens (primary N) is 1. The maximum absolute atomic E-state index is 5.68. The number of hydrogen-bond acceptors (Lipinski definition) is 4. The van der Waals surface area contributed by atoms with Crippen molar-refractivity contribution in [2.75, 3.05) is 11.1 Å². The summed E-state index contributed by atoms with van der Waals surface area (Å²) in [6.45, 7) is 5.96. The molecule has 2 aromatic rings. The minimum absolute atomic E-state index is 0.180. The van der Waals surface area contributed by atoms with Crippen molar-refractivity contribution in [3.05, 3.63) is 47.4 Å². The second-order valence-corrected chi connectivity index (χ2v) is 4.47. The molecule has 0 radical (unpaired) electrons. The third kappa shape index (κ3) is 2.97. The monoisotopic (exact) mass is 242 g/mol. The summed E-state index contributed by atoms with van der Waals surface area (Å²) in [6.07, 6.45) is 0. The lowest BCUT2D eigenvalue weighted by Crippen LogP contribution is -2.09. The number of nitrogen functional groups attached to an aromatic ring is 1. The molecular formula is C14H18N4. The van der Waals surface area contributed by atoms with Gasteiger partial charge < -0.3 is 11.1 Å². The predicted molar refractivity (Wildman–Crippen MR) is 74.4 cm³/mol. The van der Waals surface area contributed by atoms with Gasteiger partial charge in [0.05, 0.1) is 0 Å². The van der Waals surface area contributed by atoms with Crippen molar-refractivity contribution in [3.63, 3.8) is 0 Å². The lowest BCUT2D eigenvalue weighted by Gasteiger charge is -2.15. The van der Waals surface area contributed by atoms with Crippen LogP contribution in [0.3, 0.4) is 0 Å². The summed E-state index contributed by atoms with van der Waals surface area (Å²) in [4.78, 5) is 8.63. The zero-order valence-corrected chi connectivity index (χ0v) is 10.9. The van der Waals surface area contributed by atoms with Gasteiger partial charge in [0, 0.05) is 23.5 Å². The normalized spacial score (nSPS) is 12.2. The van der Waals surface area contributed by atoms with Crippen LogP contribution in [0.4, 0.5) is 11.5 Å². The maximum atomic E-state index is 5.68. The van der Waals surface area contributed by atoms with E-state index in [4.69, 9.17) is 5.73 Å². The first-order chi connectivity index (χ1) is 8.54. The Kier molecular flexibility index (Phi) is 3.46. The molecule has 0 fully saturated rings. The van der Waals surface area contributed by atoms with Crippen LogP contribution < -0.4 is 11.1 Å². The van der Waals surface area contributed by atoms with Crippen LogP contribution in [0.15, 0.2) is 30.3 Å². The van der Waals surface area contributed by atoms with Gasteiger partial charge in [-0.3, -0.25) is 0 Å². The van der Waals surface area contributed by atoms with E-state index in [1.54, 1.807) is 0 Å². The molecule has 18 heavy (non-hydrogen) atoms. The molecule has 0 spiro atoms. The number of nitrogens with one attached hydrogen (secondary N) is 1. The van der Waals surface area contributed by atoms with Crippen molar-refractivity contribution in [2.24, 2.45) is 0 Å². The van der Waals surface area contributed by atoms with E-state index in [-0.39, 0.29) is 6.04 Å². The average Bonchev–Trinajstić information content (AvgIpc) is 2.28. The average molecular weight is 242 g/mol. The minimum Gasteiger partial charge on any atom is -0.399 e. The van der Waals surface area contributed by atoms with E-state index in [9.17, 15) is 0 Å². The molecule has 0 aliphatic heterocycles. The molecule has 4 heteroatoms. The highest BCUT2D eigenvalue weighted by molar-refractivity contribution is 5.43. The van der Waals surface area contributed by atoms with Gasteiger partial charge in [0.25, 0.3) is 0 Å². The molecule has 0 aliphatic rings. The summed E-state index contributed by atoms with van der Waals surface area (Å²) < 4.78 is 0. The van der Waals surface area contributed by atoms with Crippen molar-refractivity contribution in [1.82, 2.24) is 9.97 Å². The number of hydrogen-bond donors (Lipinski definition) is 2. The van der Waals surface area contributed by atoms with Gasteiger partial charge in [-0.1, -0.05) is 12.1 Å². The van der Waals surface area contributed by atoms with Gasteiger partial charge in [0.2, 0.25) is 0 Å². The number of nitrogens with zero attached hydrogens (tertiary/aromatic N) is 2. The molecule has 1 aromatic heterocycles. The second-order valence-electron chi connectivity index (χ2n) is 4.47. The third-order valence-corrected chi connectivity index (χ3v) is 2.77. The van der Waals surface area contributed by atoms with Crippen LogP contribution in [0.1, 0.15) is 30.0 Å². The summed E-state index contributed by atoms with van der Waals surface area (Å²) in [5, 5.41) is 3.37. The van der Waals surface area contributed by atoms with Gasteiger partial charge in [0.15, 0.2) is 0 Å². The largest absolute Gasteiger partial charge is 0.399 e. The van der Waals surface area contributed by atoms with Gasteiger partial charge >= 0.3 is 0 Å². The molecule has 1 unspecified atom stereocenters. The lowest BCUT2D eigenvalue weighted by atomic mass is 10.1. The Balaban J connectivity index is 2.15. The molecule has 0 aliphatic carbocycles. The highest BCUT2D eigenvalue weighted by atomic mass is 15.0. The molecule has 1 aromatic carbocycles. The quantitative estimate of drug-likeness (QED) is 0.812. The summed E-state index contributed by atoms with van der Waals surface area (Å²) in [6, 6.07) is 9.98. The second kappa shape index (κ2) is 5.04. The minimum atomic E-state index is 0.180. The SMILES string of the molecule is Cc1cc(NC(C)c2ccc(N)cc2)nc(C)n1. The highest BCUT2D eigenvalue weighted by Crippen LogP contribution is 2.19. The van der Waals surface area contributed by atoms with Crippen molar-refractivity contribution in [3.8, 4) is 0 Å². The van der Waals surface area contributed by atoms with E-state index < -0.39 is 0 Å². The Bertz CT molecular complexity index is 514. The van der Waals surface area contributed by atoms with Gasteiger partial charge in [-0.15, -0.1) is 0 Å². The Morgan fingerprint density at radius 3 is 2.39 bits per heavy atom. The van der Waals surface area contributed by atoms with Gasteiger partial charge in [-0.25, -0.2) is 9.97 Å². The fourth-order valence-electron chi connectivity index (χ4n) is 1.88. The molecule has 0 saturated carbocycles. The van der Waals surface area contributed by atoms with Crippen LogP contribution in [-0.2, 0) is 0 Å². The maximum Gasteiger partial charge on any atom is 0.130 e. The van der Waals surface area contributed by atoms with Crippen LogP contribution >= 0.6 is 0 Å². The summed E-state index contributed by atoms with van der Waals surface area (Å²) in [7, 11) is 0. The van der Waals surface area contributed by atoms with Crippen molar-refractivity contribution < 1.29 is 0 Å². The highest BCUT2D eigenvalue weighted by Gasteiger charge is 2.06. The fraction of sp³-hybridized carbons (Fsp3) is 0.286. The molecular weight excluding hydrogens is 224 g/mol. The van der Waals surface area contributed by atoms with Crippen LogP contribution in [0, 0.1) is 13.8 Å². The summed E-state index contributed by atoms with van der Waals surface area (Å²) >= 11 is 0. The molecule has 4 nitrogen and oxygen atoms in total. The van der Waals surface area contributed by atoms with Crippen molar-refractivity contribution >= 4 is 11.5 Å². The van der Waals surface area contributed by atoms with Crippen molar-refractivity contribution in [2.45, 2.75) is 26.8 Å². The Morgan fingerprint density at radius 2 is 1.78 bits per heavy atom. The molecule has 94 valence electrons. The molecule has 1 atom stereocenters. The smallest absolute Gasteiger partial charge is 0.130 e. The lowest BCUT2D eigenvalue weighted by molar-refractivity contribution is 0.864. The number of rotatable bonds is 3. The molecule has 3 N–H and O–H groups in total. The molecule has 0 amide bonds. The van der Waals surface area contributed by atoms with E-state index in [0.717, 1.165) is 23.0 Å². The first kappa shape index (κ1) is 12.4. The van der Waals surface area contributed by atoms with Gasteiger partial charge in [-0.2, -0.15) is 0 Å². The molecule has 0 saturated heterocycles. The number of aryl methyl sites for hydroxylation is 2.